The average Bonchev–Trinajstić information content (AvgIpc) is 3.22. The Morgan fingerprint density at radius 3 is 2.66 bits per heavy atom. The van der Waals surface area contributed by atoms with E-state index >= 15 is 0 Å². The number of hydrogen-bond acceptors (Lipinski definition) is 3. The van der Waals surface area contributed by atoms with Crippen molar-refractivity contribution in [3.05, 3.63) is 64.7 Å². The lowest BCUT2D eigenvalue weighted by Gasteiger charge is -2.18. The third-order valence-corrected chi connectivity index (χ3v) is 5.44. The van der Waals surface area contributed by atoms with E-state index < -0.39 is 0 Å². The minimum atomic E-state index is 0.766. The number of ether oxygens (including phenoxy) is 1. The predicted octanol–water partition coefficient (Wildman–Crippen LogP) is 3.37. The Morgan fingerprint density at radius 2 is 1.86 bits per heavy atom. The SMILES string of the molecule is CCN(CC)Cc1cccc(CNC(=NC)NCCc2ccc3c(c2)CCO3)c1. The largest absolute Gasteiger partial charge is 0.493 e. The van der Waals surface area contributed by atoms with Crippen LogP contribution in [-0.2, 0) is 25.9 Å². The fourth-order valence-electron chi connectivity index (χ4n) is 3.67. The molecule has 0 aliphatic carbocycles. The molecule has 5 nitrogen and oxygen atoms in total. The molecule has 5 heteroatoms. The quantitative estimate of drug-likeness (QED) is 0.506. The molecule has 0 amide bonds. The van der Waals surface area contributed by atoms with Gasteiger partial charge in [0.05, 0.1) is 6.61 Å². The molecule has 1 aliphatic heterocycles. The normalized spacial score (nSPS) is 13.3. The third-order valence-electron chi connectivity index (χ3n) is 5.44. The Morgan fingerprint density at radius 1 is 1.03 bits per heavy atom. The van der Waals surface area contributed by atoms with E-state index in [0.29, 0.717) is 0 Å². The van der Waals surface area contributed by atoms with Gasteiger partial charge >= 0.3 is 0 Å². The number of hydrogen-bond donors (Lipinski definition) is 2. The summed E-state index contributed by atoms with van der Waals surface area (Å²) in [7, 11) is 1.82. The molecule has 2 aromatic rings. The van der Waals surface area contributed by atoms with Gasteiger partial charge in [-0.3, -0.25) is 9.89 Å². The fourth-order valence-corrected chi connectivity index (χ4v) is 3.67. The topological polar surface area (TPSA) is 48.9 Å². The molecule has 29 heavy (non-hydrogen) atoms. The zero-order chi connectivity index (χ0) is 20.5. The first-order valence-corrected chi connectivity index (χ1v) is 10.7. The van der Waals surface area contributed by atoms with Crippen molar-refractivity contribution in [1.82, 2.24) is 15.5 Å². The summed E-state index contributed by atoms with van der Waals surface area (Å²) in [4.78, 5) is 6.78. The molecule has 156 valence electrons. The van der Waals surface area contributed by atoms with Gasteiger partial charge in [-0.1, -0.05) is 50.2 Å². The Bertz CT molecular complexity index is 814. The van der Waals surface area contributed by atoms with Crippen LogP contribution in [0.2, 0.25) is 0 Å². The molecule has 0 atom stereocenters. The summed E-state index contributed by atoms with van der Waals surface area (Å²) in [6, 6.07) is 15.3. The first-order valence-electron chi connectivity index (χ1n) is 10.7. The van der Waals surface area contributed by atoms with E-state index in [-0.39, 0.29) is 0 Å². The molecule has 2 aromatic carbocycles. The van der Waals surface area contributed by atoms with Gasteiger partial charge in [0.2, 0.25) is 0 Å². The molecule has 0 spiro atoms. The second-order valence-corrected chi connectivity index (χ2v) is 7.42. The monoisotopic (exact) mass is 394 g/mol. The summed E-state index contributed by atoms with van der Waals surface area (Å²) >= 11 is 0. The van der Waals surface area contributed by atoms with Gasteiger partial charge in [-0.2, -0.15) is 0 Å². The number of nitrogens with zero attached hydrogens (tertiary/aromatic N) is 2. The van der Waals surface area contributed by atoms with Crippen LogP contribution in [0.5, 0.6) is 5.75 Å². The predicted molar refractivity (Wildman–Crippen MR) is 121 cm³/mol. The van der Waals surface area contributed by atoms with E-state index in [4.69, 9.17) is 4.74 Å². The third kappa shape index (κ3) is 6.23. The maximum atomic E-state index is 5.58. The number of benzene rings is 2. The highest BCUT2D eigenvalue weighted by Gasteiger charge is 2.11. The first kappa shape index (κ1) is 21.2. The van der Waals surface area contributed by atoms with Gasteiger partial charge in [-0.05, 0) is 47.8 Å². The molecular weight excluding hydrogens is 360 g/mol. The zero-order valence-electron chi connectivity index (χ0n) is 18.0. The number of guanidine groups is 1. The number of fused-ring (bicyclic) bond motifs is 1. The van der Waals surface area contributed by atoms with Crippen LogP contribution < -0.4 is 15.4 Å². The van der Waals surface area contributed by atoms with Crippen molar-refractivity contribution in [2.75, 3.05) is 33.3 Å². The van der Waals surface area contributed by atoms with Crippen molar-refractivity contribution in [2.24, 2.45) is 4.99 Å². The van der Waals surface area contributed by atoms with Crippen LogP contribution in [0.15, 0.2) is 47.5 Å². The molecule has 0 saturated heterocycles. The summed E-state index contributed by atoms with van der Waals surface area (Å²) in [5, 5.41) is 6.85. The second-order valence-electron chi connectivity index (χ2n) is 7.42. The molecule has 0 aromatic heterocycles. The summed E-state index contributed by atoms with van der Waals surface area (Å²) in [5.74, 6) is 1.88. The molecule has 0 radical (unpaired) electrons. The van der Waals surface area contributed by atoms with Crippen LogP contribution in [0.3, 0.4) is 0 Å². The molecular formula is C24H34N4O. The van der Waals surface area contributed by atoms with Gasteiger partial charge in [0.15, 0.2) is 5.96 Å². The van der Waals surface area contributed by atoms with E-state index in [0.717, 1.165) is 63.9 Å². The number of aliphatic imine (C=N–C) groups is 1. The standard InChI is InChI=1S/C24H34N4O/c1-4-28(5-2)18-21-8-6-7-20(15-21)17-27-24(25-3)26-13-11-19-9-10-23-22(16-19)12-14-29-23/h6-10,15-16H,4-5,11-14,17-18H2,1-3H3,(H2,25,26,27). The Labute approximate surface area is 175 Å². The minimum Gasteiger partial charge on any atom is -0.493 e. The van der Waals surface area contributed by atoms with Crippen LogP contribution in [0.25, 0.3) is 0 Å². The Kier molecular flexibility index (Phi) is 7.94. The molecule has 1 aliphatic rings. The lowest BCUT2D eigenvalue weighted by Crippen LogP contribution is -2.37. The molecule has 0 unspecified atom stereocenters. The molecule has 0 saturated carbocycles. The van der Waals surface area contributed by atoms with Crippen molar-refractivity contribution < 1.29 is 4.74 Å². The maximum absolute atomic E-state index is 5.58. The van der Waals surface area contributed by atoms with Crippen LogP contribution in [-0.4, -0.2) is 44.1 Å². The van der Waals surface area contributed by atoms with Crippen molar-refractivity contribution in [1.29, 1.82) is 0 Å². The van der Waals surface area contributed by atoms with Crippen LogP contribution in [0.1, 0.15) is 36.1 Å². The van der Waals surface area contributed by atoms with Gasteiger partial charge in [0.25, 0.3) is 0 Å². The van der Waals surface area contributed by atoms with E-state index in [2.05, 4.69) is 76.8 Å². The van der Waals surface area contributed by atoms with Crippen molar-refractivity contribution in [3.8, 4) is 5.75 Å². The van der Waals surface area contributed by atoms with E-state index in [1.807, 2.05) is 7.05 Å². The highest BCUT2D eigenvalue weighted by atomic mass is 16.5. The zero-order valence-corrected chi connectivity index (χ0v) is 18.0. The number of rotatable bonds is 9. The number of nitrogens with one attached hydrogen (secondary N) is 2. The molecule has 3 rings (SSSR count). The average molecular weight is 395 g/mol. The molecule has 2 N–H and O–H groups in total. The van der Waals surface area contributed by atoms with Crippen molar-refractivity contribution in [2.45, 2.75) is 39.8 Å². The summed E-state index contributed by atoms with van der Waals surface area (Å²) in [5.41, 5.74) is 5.30. The van der Waals surface area contributed by atoms with Crippen molar-refractivity contribution >= 4 is 5.96 Å². The van der Waals surface area contributed by atoms with Crippen LogP contribution in [0.4, 0.5) is 0 Å². The lowest BCUT2D eigenvalue weighted by molar-refractivity contribution is 0.296. The van der Waals surface area contributed by atoms with Gasteiger partial charge < -0.3 is 15.4 Å². The fraction of sp³-hybridized carbons (Fsp3) is 0.458. The van der Waals surface area contributed by atoms with Crippen molar-refractivity contribution in [3.63, 3.8) is 0 Å². The Hall–Kier alpha value is -2.53. The van der Waals surface area contributed by atoms with Crippen LogP contribution >= 0.6 is 0 Å². The molecule has 0 bridgehead atoms. The van der Waals surface area contributed by atoms with E-state index in [1.54, 1.807) is 0 Å². The Balaban J connectivity index is 1.45. The molecule has 1 heterocycles. The second kappa shape index (κ2) is 10.9. The highest BCUT2D eigenvalue weighted by molar-refractivity contribution is 5.79. The van der Waals surface area contributed by atoms with Gasteiger partial charge in [-0.25, -0.2) is 0 Å². The smallest absolute Gasteiger partial charge is 0.191 e. The highest BCUT2D eigenvalue weighted by Crippen LogP contribution is 2.25. The maximum Gasteiger partial charge on any atom is 0.191 e. The first-order chi connectivity index (χ1) is 14.2. The molecule has 0 fully saturated rings. The van der Waals surface area contributed by atoms with Gasteiger partial charge in [0.1, 0.15) is 5.75 Å². The minimum absolute atomic E-state index is 0.766. The van der Waals surface area contributed by atoms with E-state index in [1.165, 1.54) is 22.3 Å². The van der Waals surface area contributed by atoms with Crippen LogP contribution in [0, 0.1) is 0 Å². The van der Waals surface area contributed by atoms with E-state index in [9.17, 15) is 0 Å². The summed E-state index contributed by atoms with van der Waals surface area (Å²) < 4.78 is 5.58. The summed E-state index contributed by atoms with van der Waals surface area (Å²) in [6.07, 6.45) is 1.99. The summed E-state index contributed by atoms with van der Waals surface area (Å²) in [6.45, 7) is 9.99. The lowest BCUT2D eigenvalue weighted by atomic mass is 10.1. The van der Waals surface area contributed by atoms with Gasteiger partial charge in [0, 0.05) is 33.1 Å². The van der Waals surface area contributed by atoms with Gasteiger partial charge in [-0.15, -0.1) is 0 Å².